The third kappa shape index (κ3) is 3.35. The second-order valence-corrected chi connectivity index (χ2v) is 6.30. The first kappa shape index (κ1) is 16.4. The molecule has 5 nitrogen and oxygen atoms in total. The normalized spacial score (nSPS) is 16.7. The van der Waals surface area contributed by atoms with Crippen molar-refractivity contribution >= 4 is 5.97 Å². The molecule has 1 aliphatic rings. The quantitative estimate of drug-likeness (QED) is 0.660. The van der Waals surface area contributed by atoms with Crippen LogP contribution >= 0.6 is 0 Å². The van der Waals surface area contributed by atoms with E-state index in [4.69, 9.17) is 4.74 Å². The van der Waals surface area contributed by atoms with E-state index in [1.54, 1.807) is 16.8 Å². The summed E-state index contributed by atoms with van der Waals surface area (Å²) in [5.74, 6) is 0.830. The van der Waals surface area contributed by atoms with Crippen molar-refractivity contribution in [2.75, 3.05) is 6.61 Å². The lowest BCUT2D eigenvalue weighted by atomic mass is 10.0. The molecule has 3 aromatic rings. The summed E-state index contributed by atoms with van der Waals surface area (Å²) in [6, 6.07) is 15.8. The highest BCUT2D eigenvalue weighted by Gasteiger charge is 2.27. The monoisotopic (exact) mass is 351 g/mol. The van der Waals surface area contributed by atoms with Gasteiger partial charge in [0.25, 0.3) is 0 Å². The Balaban J connectivity index is 1.66. The molecule has 0 spiro atoms. The van der Waals surface area contributed by atoms with Crippen LogP contribution in [0.3, 0.4) is 0 Å². The molecule has 1 saturated heterocycles. The number of nitrogens with zero attached hydrogens (tertiary/aromatic N) is 3. The molecule has 1 aromatic heterocycles. The van der Waals surface area contributed by atoms with E-state index < -0.39 is 0 Å². The second-order valence-electron chi connectivity index (χ2n) is 6.30. The summed E-state index contributed by atoms with van der Waals surface area (Å²) in [5.41, 5.74) is 1.65. The predicted octanol–water partition coefficient (Wildman–Crippen LogP) is 3.57. The van der Waals surface area contributed by atoms with Crippen LogP contribution in [0.15, 0.2) is 54.6 Å². The fourth-order valence-corrected chi connectivity index (χ4v) is 3.11. The molecule has 4 rings (SSSR count). The summed E-state index contributed by atoms with van der Waals surface area (Å²) < 4.78 is 20.0. The first-order valence-corrected chi connectivity index (χ1v) is 8.64. The van der Waals surface area contributed by atoms with Gasteiger partial charge in [-0.05, 0) is 37.1 Å². The molecule has 2 heterocycles. The van der Waals surface area contributed by atoms with E-state index in [0.717, 1.165) is 23.5 Å². The molecule has 0 unspecified atom stereocenters. The summed E-state index contributed by atoms with van der Waals surface area (Å²) in [6.07, 6.45) is 2.00. The largest absolute Gasteiger partial charge is 0.465 e. The van der Waals surface area contributed by atoms with Gasteiger partial charge in [-0.25, -0.2) is 14.1 Å². The van der Waals surface area contributed by atoms with Crippen molar-refractivity contribution in [2.24, 2.45) is 5.92 Å². The Labute approximate surface area is 150 Å². The van der Waals surface area contributed by atoms with Crippen molar-refractivity contribution in [1.82, 2.24) is 14.8 Å². The SMILES string of the molecule is O=C1OCC[C@H]1CCc1nc(-c2ccccc2)nn1-c1ccc(F)cc1. The highest BCUT2D eigenvalue weighted by Crippen LogP contribution is 2.23. The predicted molar refractivity (Wildman–Crippen MR) is 94.1 cm³/mol. The van der Waals surface area contributed by atoms with Crippen LogP contribution in [-0.2, 0) is 16.0 Å². The van der Waals surface area contributed by atoms with Crippen molar-refractivity contribution in [1.29, 1.82) is 0 Å². The number of hydrogen-bond acceptors (Lipinski definition) is 4. The number of rotatable bonds is 5. The van der Waals surface area contributed by atoms with E-state index in [-0.39, 0.29) is 17.7 Å². The fraction of sp³-hybridized carbons (Fsp3) is 0.250. The van der Waals surface area contributed by atoms with Crippen LogP contribution in [0, 0.1) is 11.7 Å². The molecular formula is C20H18FN3O2. The van der Waals surface area contributed by atoms with E-state index in [0.29, 0.717) is 25.3 Å². The van der Waals surface area contributed by atoms with Crippen molar-refractivity contribution in [3.8, 4) is 17.1 Å². The molecule has 26 heavy (non-hydrogen) atoms. The average Bonchev–Trinajstić information content (AvgIpc) is 3.27. The minimum atomic E-state index is -0.299. The molecule has 1 aliphatic heterocycles. The molecule has 6 heteroatoms. The van der Waals surface area contributed by atoms with Gasteiger partial charge in [0, 0.05) is 12.0 Å². The van der Waals surface area contributed by atoms with Gasteiger partial charge in [0.05, 0.1) is 18.2 Å². The summed E-state index contributed by atoms with van der Waals surface area (Å²) in [5, 5.41) is 4.61. The van der Waals surface area contributed by atoms with E-state index in [9.17, 15) is 9.18 Å². The van der Waals surface area contributed by atoms with Gasteiger partial charge in [-0.1, -0.05) is 30.3 Å². The Morgan fingerprint density at radius 2 is 1.88 bits per heavy atom. The molecule has 132 valence electrons. The maximum atomic E-state index is 13.3. The van der Waals surface area contributed by atoms with Crippen LogP contribution in [0.4, 0.5) is 4.39 Å². The Morgan fingerprint density at radius 3 is 2.58 bits per heavy atom. The average molecular weight is 351 g/mol. The number of aryl methyl sites for hydroxylation is 1. The maximum absolute atomic E-state index is 13.3. The fourth-order valence-electron chi connectivity index (χ4n) is 3.11. The van der Waals surface area contributed by atoms with Gasteiger partial charge >= 0.3 is 5.97 Å². The number of aromatic nitrogens is 3. The van der Waals surface area contributed by atoms with E-state index in [2.05, 4.69) is 10.1 Å². The zero-order valence-corrected chi connectivity index (χ0v) is 14.1. The third-order valence-electron chi connectivity index (χ3n) is 4.54. The number of cyclic esters (lactones) is 1. The minimum absolute atomic E-state index is 0.0893. The number of halogens is 1. The highest BCUT2D eigenvalue weighted by atomic mass is 19.1. The number of carbonyl (C=O) groups is 1. The van der Waals surface area contributed by atoms with Crippen molar-refractivity contribution in [2.45, 2.75) is 19.3 Å². The molecule has 2 aromatic carbocycles. The van der Waals surface area contributed by atoms with Crippen LogP contribution in [0.5, 0.6) is 0 Å². The van der Waals surface area contributed by atoms with Gasteiger partial charge in [0.1, 0.15) is 11.6 Å². The lowest BCUT2D eigenvalue weighted by Crippen LogP contribution is -2.11. The van der Waals surface area contributed by atoms with Crippen molar-refractivity contribution in [3.63, 3.8) is 0 Å². The van der Waals surface area contributed by atoms with Gasteiger partial charge in [-0.15, -0.1) is 5.10 Å². The van der Waals surface area contributed by atoms with Crippen LogP contribution in [-0.4, -0.2) is 27.3 Å². The summed E-state index contributed by atoms with van der Waals surface area (Å²) in [7, 11) is 0. The minimum Gasteiger partial charge on any atom is -0.465 e. The topological polar surface area (TPSA) is 57.0 Å². The first-order chi connectivity index (χ1) is 12.7. The lowest BCUT2D eigenvalue weighted by molar-refractivity contribution is -0.141. The lowest BCUT2D eigenvalue weighted by Gasteiger charge is -2.07. The number of carbonyl (C=O) groups excluding carboxylic acids is 1. The summed E-state index contributed by atoms with van der Waals surface area (Å²) in [4.78, 5) is 16.4. The molecular weight excluding hydrogens is 333 g/mol. The Bertz CT molecular complexity index is 907. The Morgan fingerprint density at radius 1 is 1.12 bits per heavy atom. The Hall–Kier alpha value is -3.02. The molecule has 0 N–H and O–H groups in total. The van der Waals surface area contributed by atoms with E-state index in [1.165, 1.54) is 12.1 Å². The molecule has 1 fully saturated rings. The number of hydrogen-bond donors (Lipinski definition) is 0. The van der Waals surface area contributed by atoms with Crippen molar-refractivity contribution < 1.29 is 13.9 Å². The van der Waals surface area contributed by atoms with Gasteiger partial charge < -0.3 is 4.74 Å². The summed E-state index contributed by atoms with van der Waals surface area (Å²) >= 11 is 0. The van der Waals surface area contributed by atoms with Gasteiger partial charge in [0.15, 0.2) is 5.82 Å². The number of benzene rings is 2. The molecule has 0 aliphatic carbocycles. The summed E-state index contributed by atoms with van der Waals surface area (Å²) in [6.45, 7) is 0.490. The van der Waals surface area contributed by atoms with E-state index >= 15 is 0 Å². The molecule has 0 bridgehead atoms. The van der Waals surface area contributed by atoms with Gasteiger partial charge in [-0.3, -0.25) is 4.79 Å². The van der Waals surface area contributed by atoms with Gasteiger partial charge in [0.2, 0.25) is 0 Å². The number of esters is 1. The van der Waals surface area contributed by atoms with Crippen molar-refractivity contribution in [3.05, 3.63) is 66.2 Å². The van der Waals surface area contributed by atoms with Crippen LogP contribution in [0.2, 0.25) is 0 Å². The molecule has 1 atom stereocenters. The van der Waals surface area contributed by atoms with Gasteiger partial charge in [-0.2, -0.15) is 0 Å². The standard InChI is InChI=1S/C20H18FN3O2/c21-16-7-9-17(10-8-16)24-18(11-6-15-12-13-26-20(15)25)22-19(23-24)14-4-2-1-3-5-14/h1-5,7-10,15H,6,11-13H2/t15-/m1/s1. The van der Waals surface area contributed by atoms with Crippen LogP contribution < -0.4 is 0 Å². The van der Waals surface area contributed by atoms with Crippen LogP contribution in [0.25, 0.3) is 17.1 Å². The van der Waals surface area contributed by atoms with E-state index in [1.807, 2.05) is 30.3 Å². The third-order valence-corrected chi connectivity index (χ3v) is 4.54. The smallest absolute Gasteiger partial charge is 0.309 e. The number of ether oxygens (including phenoxy) is 1. The zero-order chi connectivity index (χ0) is 17.9. The highest BCUT2D eigenvalue weighted by molar-refractivity contribution is 5.74. The zero-order valence-electron chi connectivity index (χ0n) is 14.1. The van der Waals surface area contributed by atoms with Crippen LogP contribution in [0.1, 0.15) is 18.7 Å². The Kier molecular flexibility index (Phi) is 4.48. The second kappa shape index (κ2) is 7.07. The molecule has 0 radical (unpaired) electrons. The molecule has 0 amide bonds. The maximum Gasteiger partial charge on any atom is 0.309 e. The molecule has 0 saturated carbocycles. The first-order valence-electron chi connectivity index (χ1n) is 8.64.